The molecule has 0 saturated carbocycles. The second-order valence-corrected chi connectivity index (χ2v) is 11.9. The molecule has 0 spiro atoms. The molecule has 32 heavy (non-hydrogen) atoms. The zero-order chi connectivity index (χ0) is 22.6. The molecule has 1 aromatic carbocycles. The molecule has 2 atom stereocenters. The summed E-state index contributed by atoms with van der Waals surface area (Å²) < 4.78 is 28.1. The topological polar surface area (TPSA) is 104 Å². The van der Waals surface area contributed by atoms with Gasteiger partial charge in [0, 0.05) is 30.4 Å². The van der Waals surface area contributed by atoms with Crippen LogP contribution in [0.15, 0.2) is 12.1 Å². The smallest absolute Gasteiger partial charge is 0.250 e. The SMILES string of the molecule is NC(=O)c1cc2c(cc1Cl)N(C1CC3CCC(C1)N3S(=O)(=O)CCN1CCCC1)C(=O)C2. The summed E-state index contributed by atoms with van der Waals surface area (Å²) in [4.78, 5) is 28.6. The van der Waals surface area contributed by atoms with E-state index in [9.17, 15) is 18.0 Å². The van der Waals surface area contributed by atoms with Gasteiger partial charge in [-0.3, -0.25) is 9.59 Å². The number of carbonyl (C=O) groups is 2. The first-order chi connectivity index (χ1) is 15.2. The average molecular weight is 481 g/mol. The fourth-order valence-corrected chi connectivity index (χ4v) is 8.31. The summed E-state index contributed by atoms with van der Waals surface area (Å²) in [6.45, 7) is 2.57. The highest BCUT2D eigenvalue weighted by Gasteiger charge is 2.49. The van der Waals surface area contributed by atoms with Gasteiger partial charge in [-0.2, -0.15) is 4.31 Å². The van der Waals surface area contributed by atoms with Crippen LogP contribution in [0.1, 0.15) is 54.4 Å². The molecule has 2 unspecified atom stereocenters. The summed E-state index contributed by atoms with van der Waals surface area (Å²) in [7, 11) is -3.33. The quantitative estimate of drug-likeness (QED) is 0.668. The maximum atomic E-state index is 13.2. The molecule has 8 nitrogen and oxygen atoms in total. The summed E-state index contributed by atoms with van der Waals surface area (Å²) in [5, 5.41) is 0.237. The van der Waals surface area contributed by atoms with Gasteiger partial charge < -0.3 is 15.5 Å². The number of halogens is 1. The minimum atomic E-state index is -3.33. The molecule has 10 heteroatoms. The fourth-order valence-electron chi connectivity index (χ4n) is 6.07. The minimum absolute atomic E-state index is 0.0348. The molecule has 0 aliphatic carbocycles. The number of nitrogens with zero attached hydrogens (tertiary/aromatic N) is 3. The predicted octanol–water partition coefficient (Wildman–Crippen LogP) is 1.75. The van der Waals surface area contributed by atoms with Gasteiger partial charge >= 0.3 is 0 Å². The highest BCUT2D eigenvalue weighted by atomic mass is 35.5. The Bertz CT molecular complexity index is 1040. The third kappa shape index (κ3) is 3.83. The molecular formula is C22H29ClN4O4S. The molecule has 4 aliphatic rings. The summed E-state index contributed by atoms with van der Waals surface area (Å²) >= 11 is 6.27. The number of sulfonamides is 1. The molecular weight excluding hydrogens is 452 g/mol. The molecule has 2 N–H and O–H groups in total. The van der Waals surface area contributed by atoms with Crippen LogP contribution in [0.25, 0.3) is 0 Å². The predicted molar refractivity (Wildman–Crippen MR) is 122 cm³/mol. The van der Waals surface area contributed by atoms with Gasteiger partial charge in [-0.1, -0.05) is 11.6 Å². The van der Waals surface area contributed by atoms with Crippen molar-refractivity contribution in [3.63, 3.8) is 0 Å². The van der Waals surface area contributed by atoms with Crippen molar-refractivity contribution in [3.8, 4) is 0 Å². The zero-order valence-corrected chi connectivity index (χ0v) is 19.6. The lowest BCUT2D eigenvalue weighted by molar-refractivity contribution is -0.118. The Labute approximate surface area is 193 Å². The molecule has 4 heterocycles. The van der Waals surface area contributed by atoms with Gasteiger partial charge in [-0.05, 0) is 69.3 Å². The number of likely N-dealkylation sites (tertiary alicyclic amines) is 1. The van der Waals surface area contributed by atoms with E-state index < -0.39 is 15.9 Å². The Hall–Kier alpha value is -1.68. The Morgan fingerprint density at radius 1 is 1.09 bits per heavy atom. The molecule has 3 saturated heterocycles. The minimum Gasteiger partial charge on any atom is -0.366 e. The van der Waals surface area contributed by atoms with Crippen molar-refractivity contribution in [1.82, 2.24) is 9.21 Å². The molecule has 2 bridgehead atoms. The fraction of sp³-hybridized carbons (Fsp3) is 0.636. The molecule has 5 rings (SSSR count). The van der Waals surface area contributed by atoms with Crippen molar-refractivity contribution in [2.45, 2.75) is 63.1 Å². The van der Waals surface area contributed by atoms with Crippen molar-refractivity contribution in [2.24, 2.45) is 5.73 Å². The maximum Gasteiger partial charge on any atom is 0.250 e. The van der Waals surface area contributed by atoms with E-state index in [1.165, 1.54) is 0 Å². The Kier molecular flexibility index (Phi) is 5.72. The van der Waals surface area contributed by atoms with Crippen molar-refractivity contribution in [2.75, 3.05) is 30.3 Å². The number of hydrogen-bond donors (Lipinski definition) is 1. The van der Waals surface area contributed by atoms with Gasteiger partial charge in [0.05, 0.1) is 22.8 Å². The number of primary amides is 1. The standard InChI is InChI=1S/C22H29ClN4O4S/c23-19-13-20-14(9-18(19)22(24)29)10-21(28)26(20)17-11-15-3-4-16(12-17)27(15)32(30,31)8-7-25-5-1-2-6-25/h9,13,15-17H,1-8,10-12H2,(H2,24,29). The van der Waals surface area contributed by atoms with Gasteiger partial charge in [-0.15, -0.1) is 0 Å². The molecule has 0 aromatic heterocycles. The highest BCUT2D eigenvalue weighted by Crippen LogP contribution is 2.43. The number of anilines is 1. The van der Waals surface area contributed by atoms with E-state index >= 15 is 0 Å². The van der Waals surface area contributed by atoms with Crippen molar-refractivity contribution < 1.29 is 18.0 Å². The van der Waals surface area contributed by atoms with Crippen LogP contribution >= 0.6 is 11.6 Å². The van der Waals surface area contributed by atoms with Crippen LogP contribution in [-0.4, -0.2) is 72.9 Å². The van der Waals surface area contributed by atoms with Crippen molar-refractivity contribution in [1.29, 1.82) is 0 Å². The van der Waals surface area contributed by atoms with E-state index in [4.69, 9.17) is 17.3 Å². The van der Waals surface area contributed by atoms with E-state index in [2.05, 4.69) is 4.90 Å². The summed E-state index contributed by atoms with van der Waals surface area (Å²) in [5.74, 6) is -0.483. The number of benzene rings is 1. The number of piperidine rings is 1. The van der Waals surface area contributed by atoms with Crippen molar-refractivity contribution >= 4 is 39.1 Å². The number of amides is 2. The Balaban J connectivity index is 1.33. The lowest BCUT2D eigenvalue weighted by Gasteiger charge is -2.41. The van der Waals surface area contributed by atoms with Gasteiger partial charge in [0.2, 0.25) is 21.8 Å². The van der Waals surface area contributed by atoms with E-state index in [-0.39, 0.29) is 46.8 Å². The van der Waals surface area contributed by atoms with Crippen LogP contribution in [0, 0.1) is 0 Å². The zero-order valence-electron chi connectivity index (χ0n) is 18.0. The largest absolute Gasteiger partial charge is 0.366 e. The van der Waals surface area contributed by atoms with Crippen LogP contribution in [0.2, 0.25) is 5.02 Å². The van der Waals surface area contributed by atoms with Crippen LogP contribution in [0.5, 0.6) is 0 Å². The number of carbonyl (C=O) groups excluding carboxylic acids is 2. The average Bonchev–Trinajstić information content (AvgIpc) is 3.42. The van der Waals surface area contributed by atoms with E-state index in [0.717, 1.165) is 50.0 Å². The Morgan fingerprint density at radius 3 is 2.38 bits per heavy atom. The lowest BCUT2D eigenvalue weighted by Crippen LogP contribution is -2.54. The van der Waals surface area contributed by atoms with Gasteiger partial charge in [0.15, 0.2) is 0 Å². The second kappa shape index (κ2) is 8.27. The van der Waals surface area contributed by atoms with E-state index in [1.54, 1.807) is 21.3 Å². The highest BCUT2D eigenvalue weighted by molar-refractivity contribution is 7.89. The molecule has 2 amide bonds. The number of rotatable bonds is 6. The summed E-state index contributed by atoms with van der Waals surface area (Å²) in [6, 6.07) is 3.06. The number of hydrogen-bond acceptors (Lipinski definition) is 5. The maximum absolute atomic E-state index is 13.2. The van der Waals surface area contributed by atoms with E-state index in [1.807, 2.05) is 0 Å². The molecule has 1 aromatic rings. The number of fused-ring (bicyclic) bond motifs is 3. The molecule has 4 aliphatic heterocycles. The molecule has 0 radical (unpaired) electrons. The van der Waals surface area contributed by atoms with Gasteiger partial charge in [0.1, 0.15) is 0 Å². The normalized spacial score (nSPS) is 28.5. The first-order valence-electron chi connectivity index (χ1n) is 11.4. The summed E-state index contributed by atoms with van der Waals surface area (Å²) in [6.07, 6.45) is 5.41. The van der Waals surface area contributed by atoms with E-state index in [0.29, 0.717) is 19.4 Å². The third-order valence-corrected chi connectivity index (χ3v) is 9.75. The third-order valence-electron chi connectivity index (χ3n) is 7.50. The number of nitrogens with two attached hydrogens (primary N) is 1. The molecule has 3 fully saturated rings. The monoisotopic (exact) mass is 480 g/mol. The lowest BCUT2D eigenvalue weighted by atomic mass is 9.97. The second-order valence-electron chi connectivity index (χ2n) is 9.47. The van der Waals surface area contributed by atoms with Crippen LogP contribution in [0.3, 0.4) is 0 Å². The molecule has 174 valence electrons. The first-order valence-corrected chi connectivity index (χ1v) is 13.4. The van der Waals surface area contributed by atoms with Gasteiger partial charge in [-0.25, -0.2) is 8.42 Å². The first kappa shape index (κ1) is 22.1. The van der Waals surface area contributed by atoms with Crippen LogP contribution in [0.4, 0.5) is 5.69 Å². The summed E-state index contributed by atoms with van der Waals surface area (Å²) in [5.41, 5.74) is 7.09. The van der Waals surface area contributed by atoms with Crippen molar-refractivity contribution in [3.05, 3.63) is 28.3 Å². The van der Waals surface area contributed by atoms with Crippen LogP contribution < -0.4 is 10.6 Å². The van der Waals surface area contributed by atoms with Crippen LogP contribution in [-0.2, 0) is 21.2 Å². The Morgan fingerprint density at radius 2 is 1.75 bits per heavy atom. The van der Waals surface area contributed by atoms with Gasteiger partial charge in [0.25, 0.3) is 0 Å².